The lowest BCUT2D eigenvalue weighted by atomic mass is 10.1. The van der Waals surface area contributed by atoms with Gasteiger partial charge in [0.1, 0.15) is 5.82 Å². The van der Waals surface area contributed by atoms with E-state index in [4.69, 9.17) is 11.6 Å². The van der Waals surface area contributed by atoms with E-state index in [0.29, 0.717) is 6.54 Å². The summed E-state index contributed by atoms with van der Waals surface area (Å²) >= 11 is 5.98. The molecule has 0 unspecified atom stereocenters. The topological polar surface area (TPSA) is 67.1 Å². The van der Waals surface area contributed by atoms with Gasteiger partial charge in [0.2, 0.25) is 0 Å². The first kappa shape index (κ1) is 16.3. The molecule has 0 aliphatic heterocycles. The number of hydrogen-bond donors (Lipinski definition) is 2. The quantitative estimate of drug-likeness (QED) is 0.650. The molecule has 0 saturated heterocycles. The van der Waals surface area contributed by atoms with E-state index in [1.807, 2.05) is 36.7 Å². The number of aryl methyl sites for hydroxylation is 1. The van der Waals surface area contributed by atoms with Gasteiger partial charge in [0, 0.05) is 25.7 Å². The number of nitrogens with one attached hydrogen (secondary N) is 2. The molecule has 0 atom stereocenters. The summed E-state index contributed by atoms with van der Waals surface area (Å²) in [5.74, 6) is 2.50. The summed E-state index contributed by atoms with van der Waals surface area (Å²) in [6.07, 6.45) is 0.879. The predicted octanol–water partition coefficient (Wildman–Crippen LogP) is 1.68. The third-order valence-electron chi connectivity index (χ3n) is 3.42. The van der Waals surface area contributed by atoms with Crippen LogP contribution in [0.4, 0.5) is 0 Å². The molecular formula is C15H21ClN6. The Morgan fingerprint density at radius 2 is 2.14 bits per heavy atom. The summed E-state index contributed by atoms with van der Waals surface area (Å²) in [6, 6.07) is 7.87. The average Bonchev–Trinajstić information content (AvgIpc) is 2.82. The SMILES string of the molecule is CN=C(NCCc1cccc(Cl)c1)NCc1nnc(C)n1C. The molecular weight excluding hydrogens is 300 g/mol. The monoisotopic (exact) mass is 320 g/mol. The van der Waals surface area contributed by atoms with Crippen molar-refractivity contribution in [2.24, 2.45) is 12.0 Å². The fourth-order valence-corrected chi connectivity index (χ4v) is 2.22. The van der Waals surface area contributed by atoms with Gasteiger partial charge in [0.15, 0.2) is 11.8 Å². The summed E-state index contributed by atoms with van der Waals surface area (Å²) in [4.78, 5) is 4.20. The molecule has 0 aliphatic carbocycles. The van der Waals surface area contributed by atoms with E-state index in [1.54, 1.807) is 7.05 Å². The van der Waals surface area contributed by atoms with Crippen LogP contribution in [0.25, 0.3) is 0 Å². The Balaban J connectivity index is 1.79. The molecule has 7 heteroatoms. The van der Waals surface area contributed by atoms with Crippen molar-refractivity contribution < 1.29 is 0 Å². The van der Waals surface area contributed by atoms with Gasteiger partial charge in [-0.25, -0.2) is 0 Å². The molecule has 6 nitrogen and oxygen atoms in total. The lowest BCUT2D eigenvalue weighted by molar-refractivity contribution is 0.716. The van der Waals surface area contributed by atoms with Gasteiger partial charge in [-0.3, -0.25) is 4.99 Å². The van der Waals surface area contributed by atoms with Crippen LogP contribution in [0.1, 0.15) is 17.2 Å². The Bertz CT molecular complexity index is 649. The van der Waals surface area contributed by atoms with E-state index in [1.165, 1.54) is 5.56 Å². The lowest BCUT2D eigenvalue weighted by Gasteiger charge is -2.11. The van der Waals surface area contributed by atoms with Gasteiger partial charge in [-0.1, -0.05) is 23.7 Å². The molecule has 1 heterocycles. The number of rotatable bonds is 5. The number of aliphatic imine (C=N–C) groups is 1. The lowest BCUT2D eigenvalue weighted by Crippen LogP contribution is -2.38. The van der Waals surface area contributed by atoms with Gasteiger partial charge in [-0.05, 0) is 31.0 Å². The van der Waals surface area contributed by atoms with E-state index >= 15 is 0 Å². The maximum absolute atomic E-state index is 5.98. The van der Waals surface area contributed by atoms with Crippen molar-refractivity contribution in [3.63, 3.8) is 0 Å². The largest absolute Gasteiger partial charge is 0.356 e. The fourth-order valence-electron chi connectivity index (χ4n) is 2.01. The number of hydrogen-bond acceptors (Lipinski definition) is 3. The summed E-state index contributed by atoms with van der Waals surface area (Å²) in [7, 11) is 3.69. The van der Waals surface area contributed by atoms with Crippen LogP contribution in [0.15, 0.2) is 29.3 Å². The van der Waals surface area contributed by atoms with Crippen LogP contribution >= 0.6 is 11.6 Å². The zero-order valence-electron chi connectivity index (χ0n) is 13.1. The highest BCUT2D eigenvalue weighted by Gasteiger charge is 2.05. The Labute approximate surface area is 135 Å². The Hall–Kier alpha value is -2.08. The highest BCUT2D eigenvalue weighted by atomic mass is 35.5. The predicted molar refractivity (Wildman–Crippen MR) is 89.1 cm³/mol. The van der Waals surface area contributed by atoms with Gasteiger partial charge in [0.25, 0.3) is 0 Å². The Morgan fingerprint density at radius 3 is 2.77 bits per heavy atom. The molecule has 0 bridgehead atoms. The normalized spacial score (nSPS) is 11.5. The van der Waals surface area contributed by atoms with Crippen LogP contribution in [0.3, 0.4) is 0 Å². The molecule has 0 aliphatic rings. The van der Waals surface area contributed by atoms with Crippen LogP contribution in [-0.2, 0) is 20.0 Å². The molecule has 2 N–H and O–H groups in total. The minimum Gasteiger partial charge on any atom is -0.356 e. The van der Waals surface area contributed by atoms with Crippen molar-refractivity contribution in [1.29, 1.82) is 0 Å². The molecule has 0 saturated carbocycles. The van der Waals surface area contributed by atoms with Crippen molar-refractivity contribution in [3.05, 3.63) is 46.5 Å². The van der Waals surface area contributed by atoms with Gasteiger partial charge in [-0.15, -0.1) is 10.2 Å². The highest BCUT2D eigenvalue weighted by Crippen LogP contribution is 2.10. The maximum atomic E-state index is 5.98. The van der Waals surface area contributed by atoms with Gasteiger partial charge in [0.05, 0.1) is 6.54 Å². The van der Waals surface area contributed by atoms with Crippen LogP contribution in [-0.4, -0.2) is 34.3 Å². The third kappa shape index (κ3) is 4.46. The minimum atomic E-state index is 0.578. The van der Waals surface area contributed by atoms with E-state index in [0.717, 1.165) is 35.6 Å². The van der Waals surface area contributed by atoms with Gasteiger partial charge >= 0.3 is 0 Å². The zero-order valence-corrected chi connectivity index (χ0v) is 13.9. The van der Waals surface area contributed by atoms with Gasteiger partial charge < -0.3 is 15.2 Å². The Morgan fingerprint density at radius 1 is 1.32 bits per heavy atom. The summed E-state index contributed by atoms with van der Waals surface area (Å²) < 4.78 is 1.95. The van der Waals surface area contributed by atoms with Crippen molar-refractivity contribution in [2.75, 3.05) is 13.6 Å². The van der Waals surface area contributed by atoms with E-state index in [2.05, 4.69) is 31.9 Å². The third-order valence-corrected chi connectivity index (χ3v) is 3.65. The van der Waals surface area contributed by atoms with Crippen LogP contribution in [0.5, 0.6) is 0 Å². The average molecular weight is 321 g/mol. The first-order chi connectivity index (χ1) is 10.6. The minimum absolute atomic E-state index is 0.578. The number of halogens is 1. The van der Waals surface area contributed by atoms with Crippen molar-refractivity contribution >= 4 is 17.6 Å². The molecule has 118 valence electrons. The van der Waals surface area contributed by atoms with Crippen LogP contribution < -0.4 is 10.6 Å². The smallest absolute Gasteiger partial charge is 0.191 e. The van der Waals surface area contributed by atoms with Crippen LogP contribution in [0.2, 0.25) is 5.02 Å². The zero-order chi connectivity index (χ0) is 15.9. The second-order valence-electron chi connectivity index (χ2n) is 4.95. The molecule has 0 fully saturated rings. The summed E-state index contributed by atoms with van der Waals surface area (Å²) in [5.41, 5.74) is 1.19. The van der Waals surface area contributed by atoms with E-state index in [-0.39, 0.29) is 0 Å². The van der Waals surface area contributed by atoms with Crippen molar-refractivity contribution in [1.82, 2.24) is 25.4 Å². The number of nitrogens with zero attached hydrogens (tertiary/aromatic N) is 4. The molecule has 2 rings (SSSR count). The number of guanidine groups is 1. The molecule has 0 amide bonds. The van der Waals surface area contributed by atoms with Crippen molar-refractivity contribution in [2.45, 2.75) is 19.9 Å². The van der Waals surface area contributed by atoms with E-state index < -0.39 is 0 Å². The van der Waals surface area contributed by atoms with Gasteiger partial charge in [-0.2, -0.15) is 0 Å². The fraction of sp³-hybridized carbons (Fsp3) is 0.400. The second-order valence-corrected chi connectivity index (χ2v) is 5.39. The molecule has 2 aromatic rings. The van der Waals surface area contributed by atoms with Crippen molar-refractivity contribution in [3.8, 4) is 0 Å². The second kappa shape index (κ2) is 7.79. The molecule has 22 heavy (non-hydrogen) atoms. The standard InChI is InChI=1S/C15H21ClN6/c1-11-20-21-14(22(11)3)10-19-15(17-2)18-8-7-12-5-4-6-13(16)9-12/h4-6,9H,7-8,10H2,1-3H3,(H2,17,18,19). The first-order valence-electron chi connectivity index (χ1n) is 7.14. The summed E-state index contributed by atoms with van der Waals surface area (Å²) in [6.45, 7) is 3.28. The molecule has 0 spiro atoms. The first-order valence-corrected chi connectivity index (χ1v) is 7.51. The molecule has 1 aromatic heterocycles. The molecule has 1 aromatic carbocycles. The number of aromatic nitrogens is 3. The molecule has 0 radical (unpaired) electrons. The number of benzene rings is 1. The van der Waals surface area contributed by atoms with E-state index in [9.17, 15) is 0 Å². The maximum Gasteiger partial charge on any atom is 0.191 e. The van der Waals surface area contributed by atoms with Crippen LogP contribution in [0, 0.1) is 6.92 Å². The summed E-state index contributed by atoms with van der Waals surface area (Å²) in [5, 5.41) is 15.4. The highest BCUT2D eigenvalue weighted by molar-refractivity contribution is 6.30. The Kier molecular flexibility index (Phi) is 5.77.